The maximum absolute atomic E-state index is 12.4. The maximum Gasteiger partial charge on any atom is 0.334 e. The molecule has 0 bridgehead atoms. The monoisotopic (exact) mass is 267 g/mol. The van der Waals surface area contributed by atoms with E-state index in [1.54, 1.807) is 13.0 Å². The molecule has 0 aromatic carbocycles. The van der Waals surface area contributed by atoms with Gasteiger partial charge in [-0.05, 0) is 13.0 Å². The first-order chi connectivity index (χ1) is 9.02. The molecule has 1 aliphatic heterocycles. The number of amides is 1. The summed E-state index contributed by atoms with van der Waals surface area (Å²) in [4.78, 5) is 24.9. The lowest BCUT2D eigenvalue weighted by Gasteiger charge is -2.34. The van der Waals surface area contributed by atoms with Gasteiger partial charge in [-0.3, -0.25) is 4.79 Å². The smallest absolute Gasteiger partial charge is 0.334 e. The number of hydrogen-bond acceptors (Lipinski definition) is 4. The van der Waals surface area contributed by atoms with Crippen LogP contribution in [0.5, 0.6) is 0 Å². The third kappa shape index (κ3) is 2.78. The number of carbonyl (C=O) groups excluding carboxylic acids is 1. The number of nitrogens with zero attached hydrogens (tertiary/aromatic N) is 1. The van der Waals surface area contributed by atoms with Crippen molar-refractivity contribution in [1.82, 2.24) is 4.90 Å². The quantitative estimate of drug-likeness (QED) is 0.888. The predicted octanol–water partition coefficient (Wildman–Crippen LogP) is 1.16. The van der Waals surface area contributed by atoms with Crippen molar-refractivity contribution >= 4 is 11.9 Å². The summed E-state index contributed by atoms with van der Waals surface area (Å²) in [5, 5.41) is 9.01. The molecule has 1 saturated heterocycles. The summed E-state index contributed by atoms with van der Waals surface area (Å²) < 4.78 is 10.5. The highest BCUT2D eigenvalue weighted by Crippen LogP contribution is 2.18. The molecule has 2 atom stereocenters. The Kier molecular flexibility index (Phi) is 3.90. The fourth-order valence-corrected chi connectivity index (χ4v) is 2.23. The molecule has 1 N–H and O–H groups in total. The molecule has 2 heterocycles. The average Bonchev–Trinajstić information content (AvgIpc) is 2.85. The molecule has 104 valence electrons. The molecule has 6 nitrogen and oxygen atoms in total. The number of carboxylic acids is 1. The number of rotatable bonds is 3. The van der Waals surface area contributed by atoms with Crippen LogP contribution >= 0.6 is 0 Å². The van der Waals surface area contributed by atoms with Crippen molar-refractivity contribution in [3.8, 4) is 0 Å². The molecular weight excluding hydrogens is 250 g/mol. The minimum absolute atomic E-state index is 0.0623. The van der Waals surface area contributed by atoms with E-state index in [9.17, 15) is 9.59 Å². The average molecular weight is 267 g/mol. The molecule has 1 aromatic rings. The highest BCUT2D eigenvalue weighted by Gasteiger charge is 2.33. The molecule has 1 aromatic heterocycles. The van der Waals surface area contributed by atoms with Crippen LogP contribution in [0.2, 0.25) is 0 Å². The van der Waals surface area contributed by atoms with Gasteiger partial charge in [0, 0.05) is 13.0 Å². The van der Waals surface area contributed by atoms with Crippen molar-refractivity contribution in [2.45, 2.75) is 32.5 Å². The molecule has 0 saturated carbocycles. The second kappa shape index (κ2) is 5.44. The zero-order valence-electron chi connectivity index (χ0n) is 11.0. The van der Waals surface area contributed by atoms with Gasteiger partial charge in [-0.2, -0.15) is 0 Å². The first kappa shape index (κ1) is 13.6. The minimum Gasteiger partial charge on any atom is -0.479 e. The van der Waals surface area contributed by atoms with Crippen LogP contribution in [0.15, 0.2) is 16.7 Å². The zero-order chi connectivity index (χ0) is 14.0. The Balaban J connectivity index is 2.16. The molecule has 0 spiro atoms. The van der Waals surface area contributed by atoms with Crippen molar-refractivity contribution in [3.05, 3.63) is 23.7 Å². The molecule has 19 heavy (non-hydrogen) atoms. The first-order valence-corrected chi connectivity index (χ1v) is 6.26. The van der Waals surface area contributed by atoms with E-state index in [2.05, 4.69) is 0 Å². The van der Waals surface area contributed by atoms with Gasteiger partial charge in [0.05, 0.1) is 24.5 Å². The fraction of sp³-hybridized carbons (Fsp3) is 0.538. The van der Waals surface area contributed by atoms with Crippen molar-refractivity contribution in [2.75, 3.05) is 13.1 Å². The number of aryl methyl sites for hydroxylation is 1. The molecule has 2 rings (SSSR count). The van der Waals surface area contributed by atoms with Crippen LogP contribution in [0.4, 0.5) is 0 Å². The Morgan fingerprint density at radius 2 is 2.21 bits per heavy atom. The van der Waals surface area contributed by atoms with Gasteiger partial charge in [-0.1, -0.05) is 6.92 Å². The van der Waals surface area contributed by atoms with Gasteiger partial charge in [-0.15, -0.1) is 0 Å². The number of hydrogen-bond donors (Lipinski definition) is 1. The Morgan fingerprint density at radius 1 is 1.47 bits per heavy atom. The van der Waals surface area contributed by atoms with Gasteiger partial charge in [-0.25, -0.2) is 4.79 Å². The van der Waals surface area contributed by atoms with Crippen LogP contribution < -0.4 is 0 Å². The molecule has 0 radical (unpaired) electrons. The number of carbonyl (C=O) groups is 2. The topological polar surface area (TPSA) is 80.0 Å². The first-order valence-electron chi connectivity index (χ1n) is 6.26. The third-order valence-electron chi connectivity index (χ3n) is 3.12. The lowest BCUT2D eigenvalue weighted by atomic mass is 10.1. The van der Waals surface area contributed by atoms with Gasteiger partial charge >= 0.3 is 5.97 Å². The summed E-state index contributed by atoms with van der Waals surface area (Å²) in [7, 11) is 0. The van der Waals surface area contributed by atoms with Gasteiger partial charge in [0.15, 0.2) is 6.10 Å². The van der Waals surface area contributed by atoms with E-state index in [4.69, 9.17) is 14.3 Å². The highest BCUT2D eigenvalue weighted by molar-refractivity contribution is 5.95. The Labute approximate surface area is 110 Å². The van der Waals surface area contributed by atoms with Gasteiger partial charge in [0.2, 0.25) is 0 Å². The van der Waals surface area contributed by atoms with E-state index in [1.807, 2.05) is 6.92 Å². The van der Waals surface area contributed by atoms with Gasteiger partial charge in [0.1, 0.15) is 5.76 Å². The van der Waals surface area contributed by atoms with E-state index >= 15 is 0 Å². The van der Waals surface area contributed by atoms with Crippen molar-refractivity contribution in [3.63, 3.8) is 0 Å². The Hall–Kier alpha value is -1.82. The molecule has 1 amide bonds. The number of aliphatic carboxylic acids is 1. The lowest BCUT2D eigenvalue weighted by Crippen LogP contribution is -2.51. The summed E-state index contributed by atoms with van der Waals surface area (Å²) in [5.74, 6) is -0.629. The second-order valence-electron chi connectivity index (χ2n) is 4.59. The van der Waals surface area contributed by atoms with E-state index in [1.165, 1.54) is 11.2 Å². The van der Waals surface area contributed by atoms with Crippen LogP contribution in [-0.2, 0) is 16.0 Å². The van der Waals surface area contributed by atoms with Crippen LogP contribution in [0, 0.1) is 0 Å². The molecule has 6 heteroatoms. The summed E-state index contributed by atoms with van der Waals surface area (Å²) in [6.45, 7) is 4.10. The SMILES string of the molecule is CCc1occc1C(=O)N1CC(C(=O)O)O[C@H](C)C1. The largest absolute Gasteiger partial charge is 0.479 e. The third-order valence-corrected chi connectivity index (χ3v) is 3.12. The van der Waals surface area contributed by atoms with E-state index in [0.29, 0.717) is 24.3 Å². The summed E-state index contributed by atoms with van der Waals surface area (Å²) in [6, 6.07) is 1.62. The van der Waals surface area contributed by atoms with Crippen LogP contribution in [0.25, 0.3) is 0 Å². The van der Waals surface area contributed by atoms with Gasteiger partial charge in [0.25, 0.3) is 5.91 Å². The normalized spacial score (nSPS) is 23.4. The van der Waals surface area contributed by atoms with Crippen LogP contribution in [0.3, 0.4) is 0 Å². The Bertz CT molecular complexity index is 481. The standard InChI is InChI=1S/C13H17NO5/c1-3-10-9(4-5-18-10)12(15)14-6-8(2)19-11(7-14)13(16)17/h4-5,8,11H,3,6-7H2,1-2H3,(H,16,17)/t8-,11?/m1/s1. The molecule has 1 aliphatic rings. The fourth-order valence-electron chi connectivity index (χ4n) is 2.23. The maximum atomic E-state index is 12.4. The predicted molar refractivity (Wildman–Crippen MR) is 66.0 cm³/mol. The van der Waals surface area contributed by atoms with Crippen molar-refractivity contribution in [2.24, 2.45) is 0 Å². The molecular formula is C13H17NO5. The molecule has 1 fully saturated rings. The molecule has 0 aliphatic carbocycles. The minimum atomic E-state index is -1.05. The number of carboxylic acid groups (broad SMARTS) is 1. The van der Waals surface area contributed by atoms with Gasteiger partial charge < -0.3 is 19.2 Å². The zero-order valence-corrected chi connectivity index (χ0v) is 11.0. The lowest BCUT2D eigenvalue weighted by molar-refractivity contribution is -0.160. The van der Waals surface area contributed by atoms with E-state index in [0.717, 1.165) is 0 Å². The van der Waals surface area contributed by atoms with Crippen LogP contribution in [0.1, 0.15) is 30.0 Å². The number of morpholine rings is 1. The number of ether oxygens (including phenoxy) is 1. The Morgan fingerprint density at radius 3 is 2.84 bits per heavy atom. The summed E-state index contributed by atoms with van der Waals surface area (Å²) in [6.07, 6.45) is 0.835. The second-order valence-corrected chi connectivity index (χ2v) is 4.59. The van der Waals surface area contributed by atoms with E-state index < -0.39 is 12.1 Å². The van der Waals surface area contributed by atoms with E-state index in [-0.39, 0.29) is 18.6 Å². The van der Waals surface area contributed by atoms with Crippen molar-refractivity contribution < 1.29 is 23.8 Å². The van der Waals surface area contributed by atoms with Crippen molar-refractivity contribution in [1.29, 1.82) is 0 Å². The molecule has 1 unspecified atom stereocenters. The number of furan rings is 1. The summed E-state index contributed by atoms with van der Waals surface area (Å²) in [5.41, 5.74) is 0.501. The van der Waals surface area contributed by atoms with Crippen LogP contribution in [-0.4, -0.2) is 47.2 Å². The summed E-state index contributed by atoms with van der Waals surface area (Å²) >= 11 is 0. The highest BCUT2D eigenvalue weighted by atomic mass is 16.5.